The van der Waals surface area contributed by atoms with E-state index in [0.29, 0.717) is 9.90 Å². The fraction of sp³-hybridized carbons (Fsp3) is 0.0667. The van der Waals surface area contributed by atoms with Crippen LogP contribution < -0.4 is 0 Å². The number of aromatic nitrogens is 2. The molecule has 0 aliphatic heterocycles. The lowest BCUT2D eigenvalue weighted by molar-refractivity contribution is 0.622. The van der Waals surface area contributed by atoms with Crippen molar-refractivity contribution in [3.8, 4) is 10.6 Å². The summed E-state index contributed by atoms with van der Waals surface area (Å²) in [6.07, 6.45) is 0. The van der Waals surface area contributed by atoms with E-state index in [9.17, 15) is 8.60 Å². The molecule has 1 aromatic heterocycles. The number of nitrogens with zero attached hydrogens (tertiary/aromatic N) is 2. The largest absolute Gasteiger partial charge is 0.254 e. The summed E-state index contributed by atoms with van der Waals surface area (Å²) in [6, 6.07) is 15.5. The fourth-order valence-corrected chi connectivity index (χ4v) is 3.93. The summed E-state index contributed by atoms with van der Waals surface area (Å²) in [6.45, 7) is 0. The molecule has 6 heteroatoms. The molecular formula is C15H11FN2OS2. The highest BCUT2D eigenvalue weighted by atomic mass is 32.2. The Hall–Kier alpha value is -1.92. The maximum Gasteiger partial charge on any atom is 0.147 e. The molecule has 0 saturated heterocycles. The molecule has 106 valence electrons. The number of hydrogen-bond donors (Lipinski definition) is 0. The molecule has 0 saturated carbocycles. The van der Waals surface area contributed by atoms with Crippen LogP contribution in [0.25, 0.3) is 10.6 Å². The Morgan fingerprint density at radius 2 is 1.86 bits per heavy atom. The van der Waals surface area contributed by atoms with Crippen molar-refractivity contribution in [3.63, 3.8) is 0 Å². The molecule has 0 bridgehead atoms. The zero-order valence-corrected chi connectivity index (χ0v) is 12.5. The van der Waals surface area contributed by atoms with Crippen LogP contribution in [0.5, 0.6) is 0 Å². The van der Waals surface area contributed by atoms with Crippen LogP contribution in [0.2, 0.25) is 0 Å². The van der Waals surface area contributed by atoms with Gasteiger partial charge in [0.15, 0.2) is 0 Å². The van der Waals surface area contributed by atoms with Crippen LogP contribution in [0.15, 0.2) is 59.5 Å². The number of halogens is 1. The highest BCUT2D eigenvalue weighted by molar-refractivity contribution is 7.84. The second kappa shape index (κ2) is 6.24. The topological polar surface area (TPSA) is 42.9 Å². The fourth-order valence-electron chi connectivity index (χ4n) is 1.81. The van der Waals surface area contributed by atoms with Gasteiger partial charge in [-0.1, -0.05) is 47.7 Å². The first-order valence-corrected chi connectivity index (χ1v) is 8.37. The summed E-state index contributed by atoms with van der Waals surface area (Å²) >= 11 is 1.40. The van der Waals surface area contributed by atoms with Gasteiger partial charge in [-0.2, -0.15) is 0 Å². The summed E-state index contributed by atoms with van der Waals surface area (Å²) < 4.78 is 25.3. The summed E-state index contributed by atoms with van der Waals surface area (Å²) in [5.74, 6) is -0.142. The number of hydrogen-bond acceptors (Lipinski definition) is 4. The van der Waals surface area contributed by atoms with E-state index in [1.54, 1.807) is 12.1 Å². The summed E-state index contributed by atoms with van der Waals surface area (Å²) in [4.78, 5) is 0.464. The third-order valence-corrected chi connectivity index (χ3v) is 5.27. The Balaban J connectivity index is 1.77. The minimum atomic E-state index is -1.32. The molecule has 3 aromatic rings. The van der Waals surface area contributed by atoms with Crippen LogP contribution in [-0.4, -0.2) is 14.4 Å². The van der Waals surface area contributed by atoms with Gasteiger partial charge in [0.2, 0.25) is 0 Å². The standard InChI is InChI=1S/C15H11FN2OS2/c16-12-7-4-8-13(9-12)21(19)10-14-17-18-15(20-14)11-5-2-1-3-6-11/h1-9H,10H2/t21-/m1/s1. The number of rotatable bonds is 4. The molecule has 0 aliphatic carbocycles. The molecule has 0 unspecified atom stereocenters. The van der Waals surface area contributed by atoms with Gasteiger partial charge in [-0.15, -0.1) is 10.2 Å². The monoisotopic (exact) mass is 318 g/mol. The maximum absolute atomic E-state index is 13.1. The van der Waals surface area contributed by atoms with Crippen molar-refractivity contribution in [1.82, 2.24) is 10.2 Å². The van der Waals surface area contributed by atoms with Crippen LogP contribution in [0.4, 0.5) is 4.39 Å². The third kappa shape index (κ3) is 3.40. The highest BCUT2D eigenvalue weighted by Crippen LogP contribution is 2.24. The van der Waals surface area contributed by atoms with E-state index in [2.05, 4.69) is 10.2 Å². The van der Waals surface area contributed by atoms with E-state index in [0.717, 1.165) is 10.6 Å². The van der Waals surface area contributed by atoms with Crippen molar-refractivity contribution in [2.24, 2.45) is 0 Å². The molecule has 0 radical (unpaired) electrons. The van der Waals surface area contributed by atoms with E-state index in [1.807, 2.05) is 30.3 Å². The predicted octanol–water partition coefficient (Wildman–Crippen LogP) is 3.65. The Kier molecular flexibility index (Phi) is 4.17. The average molecular weight is 318 g/mol. The summed E-state index contributed by atoms with van der Waals surface area (Å²) in [5, 5.41) is 9.64. The normalized spacial score (nSPS) is 12.2. The summed E-state index contributed by atoms with van der Waals surface area (Å²) in [7, 11) is -1.32. The van der Waals surface area contributed by atoms with Crippen molar-refractivity contribution in [2.75, 3.05) is 0 Å². The Labute approximate surface area is 127 Å². The molecular weight excluding hydrogens is 307 g/mol. The van der Waals surface area contributed by atoms with Crippen molar-refractivity contribution in [1.29, 1.82) is 0 Å². The Morgan fingerprint density at radius 3 is 2.62 bits per heavy atom. The average Bonchev–Trinajstić information content (AvgIpc) is 2.97. The van der Waals surface area contributed by atoms with E-state index in [1.165, 1.54) is 23.5 Å². The Bertz CT molecular complexity index is 774. The van der Waals surface area contributed by atoms with Crippen LogP contribution in [0.3, 0.4) is 0 Å². The van der Waals surface area contributed by atoms with Gasteiger partial charge in [-0.25, -0.2) is 4.39 Å². The molecule has 0 amide bonds. The minimum Gasteiger partial charge on any atom is -0.254 e. The predicted molar refractivity (Wildman–Crippen MR) is 81.9 cm³/mol. The van der Waals surface area contributed by atoms with Gasteiger partial charge >= 0.3 is 0 Å². The minimum absolute atomic E-state index is 0.244. The molecule has 1 atom stereocenters. The van der Waals surface area contributed by atoms with Crippen molar-refractivity contribution >= 4 is 22.1 Å². The van der Waals surface area contributed by atoms with Crippen LogP contribution in [-0.2, 0) is 16.6 Å². The molecule has 21 heavy (non-hydrogen) atoms. The lowest BCUT2D eigenvalue weighted by atomic mass is 10.2. The van der Waals surface area contributed by atoms with Gasteiger partial charge in [0.25, 0.3) is 0 Å². The first-order chi connectivity index (χ1) is 10.2. The van der Waals surface area contributed by atoms with Crippen LogP contribution >= 0.6 is 11.3 Å². The van der Waals surface area contributed by atoms with Gasteiger partial charge in [0.1, 0.15) is 15.8 Å². The zero-order chi connectivity index (χ0) is 14.7. The molecule has 0 N–H and O–H groups in total. The summed E-state index contributed by atoms with van der Waals surface area (Å²) in [5.41, 5.74) is 0.984. The van der Waals surface area contributed by atoms with Crippen molar-refractivity contribution in [3.05, 3.63) is 65.4 Å². The van der Waals surface area contributed by atoms with E-state index in [-0.39, 0.29) is 11.6 Å². The lowest BCUT2D eigenvalue weighted by Gasteiger charge is -1.99. The van der Waals surface area contributed by atoms with Crippen LogP contribution in [0.1, 0.15) is 5.01 Å². The van der Waals surface area contributed by atoms with Crippen molar-refractivity contribution in [2.45, 2.75) is 10.6 Å². The first kappa shape index (κ1) is 14.0. The van der Waals surface area contributed by atoms with E-state index >= 15 is 0 Å². The second-order valence-electron chi connectivity index (χ2n) is 4.31. The van der Waals surface area contributed by atoms with Gasteiger partial charge in [0, 0.05) is 10.5 Å². The Morgan fingerprint density at radius 1 is 1.05 bits per heavy atom. The maximum atomic E-state index is 13.1. The van der Waals surface area contributed by atoms with E-state index < -0.39 is 10.8 Å². The highest BCUT2D eigenvalue weighted by Gasteiger charge is 2.11. The lowest BCUT2D eigenvalue weighted by Crippen LogP contribution is -1.96. The van der Waals surface area contributed by atoms with Gasteiger partial charge in [-0.05, 0) is 18.2 Å². The molecule has 3 rings (SSSR count). The molecule has 0 aliphatic rings. The van der Waals surface area contributed by atoms with Gasteiger partial charge < -0.3 is 0 Å². The van der Waals surface area contributed by atoms with Gasteiger partial charge in [0.05, 0.1) is 16.6 Å². The quantitative estimate of drug-likeness (QED) is 0.737. The van der Waals surface area contributed by atoms with Gasteiger partial charge in [-0.3, -0.25) is 4.21 Å². The third-order valence-electron chi connectivity index (χ3n) is 2.80. The SMILES string of the molecule is O=[S@](Cc1nnc(-c2ccccc2)s1)c1cccc(F)c1. The van der Waals surface area contributed by atoms with Crippen LogP contribution in [0, 0.1) is 5.82 Å². The zero-order valence-electron chi connectivity index (χ0n) is 10.9. The number of benzene rings is 2. The van der Waals surface area contributed by atoms with Crippen molar-refractivity contribution < 1.29 is 8.60 Å². The molecule has 2 aromatic carbocycles. The second-order valence-corrected chi connectivity index (χ2v) is 6.83. The molecule has 1 heterocycles. The molecule has 0 fully saturated rings. The molecule has 0 spiro atoms. The first-order valence-electron chi connectivity index (χ1n) is 6.24. The molecule has 3 nitrogen and oxygen atoms in total. The van der Waals surface area contributed by atoms with E-state index in [4.69, 9.17) is 0 Å². The smallest absolute Gasteiger partial charge is 0.147 e.